The van der Waals surface area contributed by atoms with Gasteiger partial charge in [-0.2, -0.15) is 0 Å². The Balaban J connectivity index is 3.29. The molecule has 0 atom stereocenters. The quantitative estimate of drug-likeness (QED) is 0.361. The Morgan fingerprint density at radius 3 is 1.94 bits per heavy atom. The molecule has 0 aromatic heterocycles. The predicted molar refractivity (Wildman–Crippen MR) is 74.3 cm³/mol. The molecule has 9 heteroatoms. The molecule has 0 aliphatic carbocycles. The Hall–Kier alpha value is -0.990. The van der Waals surface area contributed by atoms with E-state index in [4.69, 9.17) is 10.7 Å². The smallest absolute Gasteiger partial charge is 0.257 e. The fourth-order valence-corrected chi connectivity index (χ4v) is 4.40. The molecule has 0 saturated carbocycles. The molecule has 0 amide bonds. The van der Waals surface area contributed by atoms with Gasteiger partial charge in [-0.25, -0.2) is 0 Å². The summed E-state index contributed by atoms with van der Waals surface area (Å²) in [6.45, 7) is 0. The molecule has 0 aliphatic heterocycles. The minimum absolute atomic E-state index is 0.437. The van der Waals surface area contributed by atoms with Crippen LogP contribution in [0, 0.1) is 20.2 Å². The van der Waals surface area contributed by atoms with E-state index in [1.165, 1.54) is 12.5 Å². The lowest BCUT2D eigenvalue weighted by molar-refractivity contribution is -0.729. The minimum atomic E-state index is -2.59. The van der Waals surface area contributed by atoms with Crippen molar-refractivity contribution >= 4 is 31.7 Å². The van der Waals surface area contributed by atoms with Gasteiger partial charge in [-0.1, -0.05) is 28.9 Å². The van der Waals surface area contributed by atoms with Crippen LogP contribution in [0.5, 0.6) is 0 Å². The Bertz CT molecular complexity index is 449. The van der Waals surface area contributed by atoms with Crippen LogP contribution in [-0.2, 0) is 0 Å². The highest BCUT2D eigenvalue weighted by atomic mass is 35.7. The first-order chi connectivity index (χ1) is 8.22. The van der Waals surface area contributed by atoms with Crippen LogP contribution < -0.4 is 0 Å². The number of benzene rings is 1. The topological polar surface area (TPSA) is 86.3 Å². The van der Waals surface area contributed by atoms with Crippen molar-refractivity contribution in [1.29, 1.82) is 0 Å². The molecular weight excluding hydrogens is 300 g/mol. The highest BCUT2D eigenvalue weighted by Gasteiger charge is 2.66. The van der Waals surface area contributed by atoms with E-state index >= 15 is 0 Å². The third kappa shape index (κ3) is 2.70. The second-order valence-electron chi connectivity index (χ2n) is 3.68. The molecule has 1 aromatic rings. The highest BCUT2D eigenvalue weighted by Crippen LogP contribution is 2.64. The van der Waals surface area contributed by atoms with E-state index in [0.29, 0.717) is 16.7 Å². The van der Waals surface area contributed by atoms with E-state index in [1.807, 2.05) is 0 Å². The summed E-state index contributed by atoms with van der Waals surface area (Å²) in [4.78, 5) is 21.0. The summed E-state index contributed by atoms with van der Waals surface area (Å²) < 4.78 is -2.45. The van der Waals surface area contributed by atoms with Crippen molar-refractivity contribution < 1.29 is 9.85 Å². The zero-order chi connectivity index (χ0) is 14.0. The number of thioether (sulfide) groups is 1. The minimum Gasteiger partial charge on any atom is -0.257 e. The van der Waals surface area contributed by atoms with Crippen LogP contribution in [0.3, 0.4) is 0 Å². The van der Waals surface area contributed by atoms with Crippen molar-refractivity contribution in [3.63, 3.8) is 0 Å². The van der Waals surface area contributed by atoms with Crippen LogP contribution in [0.4, 0.5) is 0 Å². The van der Waals surface area contributed by atoms with Gasteiger partial charge in [-0.15, -0.1) is 0 Å². The monoisotopic (exact) mass is 310 g/mol. The van der Waals surface area contributed by atoms with Crippen molar-refractivity contribution in [3.05, 3.63) is 50.6 Å². The van der Waals surface area contributed by atoms with E-state index in [-0.39, 0.29) is 0 Å². The molecule has 0 spiro atoms. The van der Waals surface area contributed by atoms with Crippen molar-refractivity contribution in [2.45, 2.75) is 9.22 Å². The molecule has 0 fully saturated rings. The maximum absolute atomic E-state index is 11.2. The first-order valence-electron chi connectivity index (χ1n) is 4.67. The summed E-state index contributed by atoms with van der Waals surface area (Å²) in [5.74, 6) is 0. The zero-order valence-electron chi connectivity index (χ0n) is 9.61. The number of rotatable bonds is 5. The average molecular weight is 311 g/mol. The SMILES string of the molecule is CS(C)(Cl)C(Sc1ccccc1)([N+](=O)[O-])[N+](=O)[O-]. The van der Waals surface area contributed by atoms with E-state index < -0.39 is 23.4 Å². The van der Waals surface area contributed by atoms with E-state index in [9.17, 15) is 20.2 Å². The Labute approximate surface area is 114 Å². The maximum Gasteiger partial charge on any atom is 0.555 e. The molecule has 6 nitrogen and oxygen atoms in total. The van der Waals surface area contributed by atoms with Gasteiger partial charge in [-0.3, -0.25) is 20.2 Å². The van der Waals surface area contributed by atoms with Crippen molar-refractivity contribution in [2.24, 2.45) is 0 Å². The Morgan fingerprint density at radius 1 is 1.17 bits per heavy atom. The lowest BCUT2D eigenvalue weighted by Crippen LogP contribution is -2.45. The summed E-state index contributed by atoms with van der Waals surface area (Å²) in [6.07, 6.45) is 2.69. The molecule has 0 radical (unpaired) electrons. The molecule has 18 heavy (non-hydrogen) atoms. The normalized spacial score (nSPS) is 13.1. The van der Waals surface area contributed by atoms with Crippen molar-refractivity contribution in [3.8, 4) is 0 Å². The summed E-state index contributed by atoms with van der Waals surface area (Å²) in [7, 11) is 3.39. The van der Waals surface area contributed by atoms with Gasteiger partial charge in [0.1, 0.15) is 9.85 Å². The van der Waals surface area contributed by atoms with Gasteiger partial charge in [0.25, 0.3) is 0 Å². The molecule has 0 N–H and O–H groups in total. The first kappa shape index (κ1) is 15.1. The third-order valence-electron chi connectivity index (χ3n) is 2.09. The molecule has 1 aromatic carbocycles. The number of nitro groups is 2. The van der Waals surface area contributed by atoms with E-state index in [0.717, 1.165) is 0 Å². The molecule has 0 heterocycles. The molecule has 0 unspecified atom stereocenters. The fraction of sp³-hybridized carbons (Fsp3) is 0.333. The van der Waals surface area contributed by atoms with Gasteiger partial charge in [0.2, 0.25) is 0 Å². The lowest BCUT2D eigenvalue weighted by Gasteiger charge is -2.29. The average Bonchev–Trinajstić information content (AvgIpc) is 2.24. The maximum atomic E-state index is 11.2. The Morgan fingerprint density at radius 2 is 1.61 bits per heavy atom. The second kappa shape index (κ2) is 5.33. The van der Waals surface area contributed by atoms with Crippen LogP contribution >= 0.6 is 31.7 Å². The summed E-state index contributed by atoms with van der Waals surface area (Å²) in [6, 6.07) is 8.19. The van der Waals surface area contributed by atoms with Crippen molar-refractivity contribution in [2.75, 3.05) is 12.5 Å². The van der Waals surface area contributed by atoms with Crippen LogP contribution in [0.25, 0.3) is 0 Å². The van der Waals surface area contributed by atoms with Gasteiger partial charge in [0, 0.05) is 4.90 Å². The molecule has 1 rings (SSSR count). The summed E-state index contributed by atoms with van der Waals surface area (Å²) >= 11 is 0.566. The predicted octanol–water partition coefficient (Wildman–Crippen LogP) is 3.16. The van der Waals surface area contributed by atoms with E-state index in [1.54, 1.807) is 30.3 Å². The number of nitrogens with zero attached hydrogens (tertiary/aromatic N) is 2. The van der Waals surface area contributed by atoms with Gasteiger partial charge < -0.3 is 0 Å². The molecule has 0 aliphatic rings. The molecule has 0 saturated heterocycles. The standard InChI is InChI=1S/C9H11ClN2O4S2/c1-18(2,10)9(11(13)14,12(15)16)17-8-6-4-3-5-7-8/h3-7H,1-2H3. The number of hydrogen-bond acceptors (Lipinski definition) is 5. The fourth-order valence-electron chi connectivity index (χ4n) is 1.24. The van der Waals surface area contributed by atoms with Crippen LogP contribution in [0.15, 0.2) is 35.2 Å². The number of halogens is 1. The Kier molecular flexibility index (Phi) is 4.46. The van der Waals surface area contributed by atoms with E-state index in [2.05, 4.69) is 0 Å². The van der Waals surface area contributed by atoms with Gasteiger partial charge in [0.05, 0.1) is 11.8 Å². The largest absolute Gasteiger partial charge is 0.555 e. The molecular formula is C9H11ClN2O4S2. The summed E-state index contributed by atoms with van der Waals surface area (Å²) in [5, 5.41) is 22.4. The van der Waals surface area contributed by atoms with Gasteiger partial charge in [-0.05, 0) is 33.9 Å². The van der Waals surface area contributed by atoms with Crippen LogP contribution in [0.1, 0.15) is 0 Å². The van der Waals surface area contributed by atoms with Crippen LogP contribution in [0.2, 0.25) is 0 Å². The van der Waals surface area contributed by atoms with Crippen molar-refractivity contribution in [1.82, 2.24) is 0 Å². The van der Waals surface area contributed by atoms with Gasteiger partial charge in [0.15, 0.2) is 0 Å². The van der Waals surface area contributed by atoms with Crippen LogP contribution in [-0.4, -0.2) is 26.7 Å². The second-order valence-corrected chi connectivity index (χ2v) is 10.5. The highest BCUT2D eigenvalue weighted by molar-refractivity contribution is 8.54. The lowest BCUT2D eigenvalue weighted by atomic mass is 10.4. The zero-order valence-corrected chi connectivity index (χ0v) is 12.0. The summed E-state index contributed by atoms with van der Waals surface area (Å²) in [5.41, 5.74) is 0. The molecule has 100 valence electrons. The third-order valence-corrected chi connectivity index (χ3v) is 7.14. The van der Waals surface area contributed by atoms with Gasteiger partial charge >= 0.3 is 4.33 Å². The first-order valence-corrected chi connectivity index (χ1v) is 8.76. The number of hydrogen-bond donors (Lipinski definition) is 0. The molecule has 0 bridgehead atoms.